The van der Waals surface area contributed by atoms with Crippen molar-refractivity contribution in [2.45, 2.75) is 63.6 Å². The van der Waals surface area contributed by atoms with Gasteiger partial charge in [0.1, 0.15) is 0 Å². The van der Waals surface area contributed by atoms with Gasteiger partial charge in [-0.05, 0) is 58.0 Å². The molecule has 0 unspecified atom stereocenters. The van der Waals surface area contributed by atoms with E-state index in [1.165, 1.54) is 0 Å². The first-order valence-electron chi connectivity index (χ1n) is 7.67. The van der Waals surface area contributed by atoms with E-state index in [0.717, 1.165) is 30.3 Å². The Labute approximate surface area is 127 Å². The highest BCUT2D eigenvalue weighted by atomic mass is 16.7. The molecule has 1 aliphatic carbocycles. The summed E-state index contributed by atoms with van der Waals surface area (Å²) in [5.74, 6) is 0. The molecular formula is C17H22BNO2. The molecule has 0 atom stereocenters. The number of rotatable bonds is 2. The summed E-state index contributed by atoms with van der Waals surface area (Å²) in [6, 6.07) is 10.7. The minimum atomic E-state index is -0.356. The Morgan fingerprint density at radius 2 is 1.71 bits per heavy atom. The van der Waals surface area contributed by atoms with E-state index in [0.29, 0.717) is 0 Å². The van der Waals surface area contributed by atoms with E-state index >= 15 is 0 Å². The standard InChI is InChI=1S/C17H22BNO2/c1-15(2)16(3,4)21-18(20-15)14-8-5-7-13(11-14)17(12-19)9-6-10-17/h5,7-8,11H,6,9-10H2,1-4H3. The number of nitriles is 1. The van der Waals surface area contributed by atoms with Gasteiger partial charge >= 0.3 is 7.12 Å². The fraction of sp³-hybridized carbons (Fsp3) is 0.588. The monoisotopic (exact) mass is 283 g/mol. The van der Waals surface area contributed by atoms with Gasteiger partial charge in [-0.25, -0.2) is 0 Å². The smallest absolute Gasteiger partial charge is 0.399 e. The number of hydrogen-bond acceptors (Lipinski definition) is 3. The quantitative estimate of drug-likeness (QED) is 0.784. The SMILES string of the molecule is CC1(C)OB(c2cccc(C3(C#N)CCC3)c2)OC1(C)C. The molecule has 1 aliphatic heterocycles. The zero-order chi connectivity index (χ0) is 15.3. The van der Waals surface area contributed by atoms with Crippen molar-refractivity contribution in [1.82, 2.24) is 0 Å². The topological polar surface area (TPSA) is 42.2 Å². The molecule has 2 aliphatic rings. The molecule has 1 aromatic carbocycles. The van der Waals surface area contributed by atoms with Crippen LogP contribution in [0.15, 0.2) is 24.3 Å². The maximum atomic E-state index is 9.50. The molecule has 0 amide bonds. The van der Waals surface area contributed by atoms with Gasteiger partial charge in [-0.2, -0.15) is 5.26 Å². The van der Waals surface area contributed by atoms with Gasteiger partial charge < -0.3 is 9.31 Å². The fourth-order valence-corrected chi connectivity index (χ4v) is 2.96. The molecule has 0 N–H and O–H groups in total. The predicted octanol–water partition coefficient (Wildman–Crippen LogP) is 2.93. The zero-order valence-corrected chi connectivity index (χ0v) is 13.3. The van der Waals surface area contributed by atoms with Crippen LogP contribution < -0.4 is 5.46 Å². The summed E-state index contributed by atoms with van der Waals surface area (Å²) >= 11 is 0. The highest BCUT2D eigenvalue weighted by Gasteiger charge is 2.52. The van der Waals surface area contributed by atoms with Crippen LogP contribution in [0.5, 0.6) is 0 Å². The molecule has 0 bridgehead atoms. The van der Waals surface area contributed by atoms with E-state index in [1.54, 1.807) is 0 Å². The Hall–Kier alpha value is -1.31. The predicted molar refractivity (Wildman–Crippen MR) is 83.3 cm³/mol. The van der Waals surface area contributed by atoms with Crippen LogP contribution in [0.3, 0.4) is 0 Å². The van der Waals surface area contributed by atoms with Gasteiger partial charge in [0, 0.05) is 0 Å². The lowest BCUT2D eigenvalue weighted by molar-refractivity contribution is 0.00578. The largest absolute Gasteiger partial charge is 0.494 e. The van der Waals surface area contributed by atoms with E-state index in [1.807, 2.05) is 12.1 Å². The molecular weight excluding hydrogens is 261 g/mol. The molecule has 1 aromatic rings. The van der Waals surface area contributed by atoms with Crippen LogP contribution in [0.25, 0.3) is 0 Å². The molecule has 0 spiro atoms. The summed E-state index contributed by atoms with van der Waals surface area (Å²) < 4.78 is 12.2. The minimum Gasteiger partial charge on any atom is -0.399 e. The van der Waals surface area contributed by atoms with Crippen molar-refractivity contribution < 1.29 is 9.31 Å². The zero-order valence-electron chi connectivity index (χ0n) is 13.3. The van der Waals surface area contributed by atoms with Crippen molar-refractivity contribution in [2.24, 2.45) is 0 Å². The second kappa shape index (κ2) is 4.59. The average molecular weight is 283 g/mol. The van der Waals surface area contributed by atoms with Crippen molar-refractivity contribution in [2.75, 3.05) is 0 Å². The summed E-state index contributed by atoms with van der Waals surface area (Å²) in [6.45, 7) is 8.22. The van der Waals surface area contributed by atoms with Crippen molar-refractivity contribution in [3.05, 3.63) is 29.8 Å². The third-order valence-corrected chi connectivity index (χ3v) is 5.39. The Morgan fingerprint density at radius 1 is 1.10 bits per heavy atom. The Bertz CT molecular complexity index is 583. The van der Waals surface area contributed by atoms with E-state index in [9.17, 15) is 5.26 Å². The average Bonchev–Trinajstić information content (AvgIpc) is 2.58. The molecule has 21 heavy (non-hydrogen) atoms. The lowest BCUT2D eigenvalue weighted by Gasteiger charge is -2.35. The summed E-state index contributed by atoms with van der Waals surface area (Å²) in [5, 5.41) is 9.50. The molecule has 1 saturated heterocycles. The van der Waals surface area contributed by atoms with Crippen molar-refractivity contribution in [1.29, 1.82) is 5.26 Å². The number of nitrogens with zero attached hydrogens (tertiary/aromatic N) is 1. The van der Waals surface area contributed by atoms with Crippen LogP contribution in [0, 0.1) is 11.3 Å². The molecule has 3 rings (SSSR count). The van der Waals surface area contributed by atoms with Crippen molar-refractivity contribution >= 4 is 12.6 Å². The molecule has 1 heterocycles. The van der Waals surface area contributed by atoms with Gasteiger partial charge in [-0.1, -0.05) is 24.3 Å². The molecule has 1 saturated carbocycles. The molecule has 3 nitrogen and oxygen atoms in total. The molecule has 110 valence electrons. The van der Waals surface area contributed by atoms with Crippen LogP contribution in [0.2, 0.25) is 0 Å². The third-order valence-electron chi connectivity index (χ3n) is 5.39. The maximum Gasteiger partial charge on any atom is 0.494 e. The number of benzene rings is 1. The van der Waals surface area contributed by atoms with Gasteiger partial charge in [0.15, 0.2) is 0 Å². The van der Waals surface area contributed by atoms with Crippen LogP contribution >= 0.6 is 0 Å². The lowest BCUT2D eigenvalue weighted by Crippen LogP contribution is -2.41. The first-order valence-corrected chi connectivity index (χ1v) is 7.67. The minimum absolute atomic E-state index is 0.292. The van der Waals surface area contributed by atoms with Crippen molar-refractivity contribution in [3.63, 3.8) is 0 Å². The first kappa shape index (κ1) is 14.6. The fourth-order valence-electron chi connectivity index (χ4n) is 2.96. The molecule has 2 fully saturated rings. The Kier molecular flexibility index (Phi) is 3.20. The number of hydrogen-bond donors (Lipinski definition) is 0. The maximum absolute atomic E-state index is 9.50. The van der Waals surface area contributed by atoms with E-state index in [-0.39, 0.29) is 23.7 Å². The van der Waals surface area contributed by atoms with Gasteiger partial charge in [0.25, 0.3) is 0 Å². The highest BCUT2D eigenvalue weighted by molar-refractivity contribution is 6.62. The summed E-state index contributed by atoms with van der Waals surface area (Å²) in [4.78, 5) is 0. The van der Waals surface area contributed by atoms with Gasteiger partial charge in [0.2, 0.25) is 0 Å². The van der Waals surface area contributed by atoms with Gasteiger partial charge in [-0.15, -0.1) is 0 Å². The van der Waals surface area contributed by atoms with E-state index in [4.69, 9.17) is 9.31 Å². The molecule has 0 radical (unpaired) electrons. The third kappa shape index (κ3) is 2.20. The Balaban J connectivity index is 1.90. The normalized spacial score (nSPS) is 25.2. The van der Waals surface area contributed by atoms with Crippen LogP contribution in [0.1, 0.15) is 52.5 Å². The molecule has 4 heteroatoms. The van der Waals surface area contributed by atoms with Crippen LogP contribution in [-0.2, 0) is 14.7 Å². The van der Waals surface area contributed by atoms with Gasteiger partial charge in [-0.3, -0.25) is 0 Å². The first-order chi connectivity index (χ1) is 9.80. The summed E-state index contributed by atoms with van der Waals surface area (Å²) in [5.41, 5.74) is 1.14. The van der Waals surface area contributed by atoms with Gasteiger partial charge in [0.05, 0.1) is 22.7 Å². The van der Waals surface area contributed by atoms with Crippen LogP contribution in [-0.4, -0.2) is 18.3 Å². The van der Waals surface area contributed by atoms with E-state index in [2.05, 4.69) is 45.9 Å². The highest BCUT2D eigenvalue weighted by Crippen LogP contribution is 2.43. The van der Waals surface area contributed by atoms with E-state index < -0.39 is 0 Å². The summed E-state index contributed by atoms with van der Waals surface area (Å²) in [7, 11) is -0.356. The van der Waals surface area contributed by atoms with Crippen LogP contribution in [0.4, 0.5) is 0 Å². The second-order valence-electron chi connectivity index (χ2n) is 7.26. The summed E-state index contributed by atoms with van der Waals surface area (Å²) in [6.07, 6.45) is 3.04. The lowest BCUT2D eigenvalue weighted by atomic mass is 9.64. The second-order valence-corrected chi connectivity index (χ2v) is 7.26. The Morgan fingerprint density at radius 3 is 2.19 bits per heavy atom. The van der Waals surface area contributed by atoms with Crippen molar-refractivity contribution in [3.8, 4) is 6.07 Å². The molecule has 0 aromatic heterocycles.